The van der Waals surface area contributed by atoms with Gasteiger partial charge in [-0.3, -0.25) is 9.78 Å². The molecule has 1 N–H and O–H groups in total. The number of amides is 1. The van der Waals surface area contributed by atoms with Crippen LogP contribution in [0, 0.1) is 6.92 Å². The maximum Gasteiger partial charge on any atom is 0.255 e. The first-order chi connectivity index (χ1) is 14.7. The standard InChI is InChI=1S/C24H21N3O2S/c1-16-8-9-19(27-23(28)17-5-3-7-20(13-17)29-2)14-21(16)22(24-26-11-12-30-24)18-6-4-10-25-15-18/h3-15,22H,1-2H3,(H,27,28). The van der Waals surface area contributed by atoms with E-state index in [4.69, 9.17) is 4.74 Å². The lowest BCUT2D eigenvalue weighted by Gasteiger charge is -2.19. The van der Waals surface area contributed by atoms with Crippen molar-refractivity contribution in [2.24, 2.45) is 0 Å². The molecule has 0 aliphatic rings. The molecule has 2 aromatic carbocycles. The number of nitrogens with one attached hydrogen (secondary N) is 1. The second kappa shape index (κ2) is 8.88. The van der Waals surface area contributed by atoms with Crippen LogP contribution >= 0.6 is 11.3 Å². The zero-order chi connectivity index (χ0) is 20.9. The molecule has 0 bridgehead atoms. The molecule has 0 radical (unpaired) electrons. The predicted octanol–water partition coefficient (Wildman–Crippen LogP) is 5.29. The molecule has 2 aromatic heterocycles. The Labute approximate surface area is 179 Å². The highest BCUT2D eigenvalue weighted by Crippen LogP contribution is 2.35. The normalized spacial score (nSPS) is 11.7. The SMILES string of the molecule is COc1cccc(C(=O)Nc2ccc(C)c(C(c3cccnc3)c3nccs3)c2)c1. The molecule has 0 saturated carbocycles. The summed E-state index contributed by atoms with van der Waals surface area (Å²) in [5, 5.41) is 5.96. The second-order valence-corrected chi connectivity index (χ2v) is 7.77. The molecule has 1 atom stereocenters. The maximum absolute atomic E-state index is 12.8. The first-order valence-corrected chi connectivity index (χ1v) is 10.4. The minimum atomic E-state index is -0.184. The van der Waals surface area contributed by atoms with Crippen LogP contribution < -0.4 is 10.1 Å². The van der Waals surface area contributed by atoms with Crippen LogP contribution in [0.15, 0.2) is 78.6 Å². The average molecular weight is 416 g/mol. The van der Waals surface area contributed by atoms with E-state index in [0.29, 0.717) is 11.3 Å². The van der Waals surface area contributed by atoms with Crippen molar-refractivity contribution in [3.63, 3.8) is 0 Å². The van der Waals surface area contributed by atoms with Crippen LogP contribution in [-0.4, -0.2) is 23.0 Å². The summed E-state index contributed by atoms with van der Waals surface area (Å²) < 4.78 is 5.22. The molecule has 0 aliphatic heterocycles. The number of anilines is 1. The molecular formula is C24H21N3O2S. The van der Waals surface area contributed by atoms with Gasteiger partial charge in [-0.25, -0.2) is 4.98 Å². The van der Waals surface area contributed by atoms with Crippen molar-refractivity contribution >= 4 is 22.9 Å². The van der Waals surface area contributed by atoms with Gasteiger partial charge >= 0.3 is 0 Å². The van der Waals surface area contributed by atoms with Gasteiger partial charge in [0.05, 0.1) is 13.0 Å². The van der Waals surface area contributed by atoms with Crippen LogP contribution in [0.25, 0.3) is 0 Å². The van der Waals surface area contributed by atoms with Gasteiger partial charge in [0, 0.05) is 35.2 Å². The molecule has 0 fully saturated rings. The predicted molar refractivity (Wildman–Crippen MR) is 119 cm³/mol. The number of pyridine rings is 1. The Morgan fingerprint density at radius 1 is 1.10 bits per heavy atom. The summed E-state index contributed by atoms with van der Waals surface area (Å²) in [5.74, 6) is 0.413. The summed E-state index contributed by atoms with van der Waals surface area (Å²) in [6.07, 6.45) is 5.44. The van der Waals surface area contributed by atoms with Crippen LogP contribution in [-0.2, 0) is 0 Å². The highest BCUT2D eigenvalue weighted by atomic mass is 32.1. The molecule has 1 amide bonds. The minimum Gasteiger partial charge on any atom is -0.497 e. The largest absolute Gasteiger partial charge is 0.497 e. The van der Waals surface area contributed by atoms with Gasteiger partial charge in [0.15, 0.2) is 0 Å². The Morgan fingerprint density at radius 2 is 2.00 bits per heavy atom. The number of aryl methyl sites for hydroxylation is 1. The number of ether oxygens (including phenoxy) is 1. The monoisotopic (exact) mass is 415 g/mol. The minimum absolute atomic E-state index is 0.0487. The van der Waals surface area contributed by atoms with Crippen molar-refractivity contribution in [2.45, 2.75) is 12.8 Å². The third-order valence-electron chi connectivity index (χ3n) is 4.90. The van der Waals surface area contributed by atoms with Gasteiger partial charge < -0.3 is 10.1 Å². The maximum atomic E-state index is 12.8. The topological polar surface area (TPSA) is 64.1 Å². The third-order valence-corrected chi connectivity index (χ3v) is 5.74. The smallest absolute Gasteiger partial charge is 0.255 e. The van der Waals surface area contributed by atoms with Gasteiger partial charge in [0.2, 0.25) is 0 Å². The van der Waals surface area contributed by atoms with E-state index < -0.39 is 0 Å². The lowest BCUT2D eigenvalue weighted by molar-refractivity contribution is 0.102. The average Bonchev–Trinajstić information content (AvgIpc) is 3.31. The van der Waals surface area contributed by atoms with Crippen molar-refractivity contribution in [3.8, 4) is 5.75 Å². The number of carbonyl (C=O) groups excluding carboxylic acids is 1. The fraction of sp³-hybridized carbons (Fsp3) is 0.125. The number of benzene rings is 2. The van der Waals surface area contributed by atoms with Gasteiger partial charge in [0.25, 0.3) is 5.91 Å². The molecule has 2 heterocycles. The van der Waals surface area contributed by atoms with Crippen molar-refractivity contribution in [1.82, 2.24) is 9.97 Å². The van der Waals surface area contributed by atoms with E-state index in [2.05, 4.69) is 28.3 Å². The van der Waals surface area contributed by atoms with Crippen molar-refractivity contribution in [3.05, 3.63) is 106 Å². The van der Waals surface area contributed by atoms with Gasteiger partial charge in [-0.1, -0.05) is 18.2 Å². The molecule has 6 heteroatoms. The molecular weight excluding hydrogens is 394 g/mol. The number of rotatable bonds is 6. The first kappa shape index (κ1) is 19.8. The lowest BCUT2D eigenvalue weighted by atomic mass is 9.89. The van der Waals surface area contributed by atoms with Gasteiger partial charge in [0.1, 0.15) is 10.8 Å². The Hall–Kier alpha value is -3.51. The van der Waals surface area contributed by atoms with Crippen LogP contribution in [0.4, 0.5) is 5.69 Å². The third kappa shape index (κ3) is 4.23. The lowest BCUT2D eigenvalue weighted by Crippen LogP contribution is -2.13. The summed E-state index contributed by atoms with van der Waals surface area (Å²) in [6.45, 7) is 2.07. The van der Waals surface area contributed by atoms with Crippen LogP contribution in [0.5, 0.6) is 5.75 Å². The molecule has 4 aromatic rings. The molecule has 5 nitrogen and oxygen atoms in total. The Kier molecular flexibility index (Phi) is 5.86. The molecule has 150 valence electrons. The zero-order valence-corrected chi connectivity index (χ0v) is 17.5. The highest BCUT2D eigenvalue weighted by Gasteiger charge is 2.22. The van der Waals surface area contributed by atoms with Gasteiger partial charge in [-0.05, 0) is 60.0 Å². The molecule has 30 heavy (non-hydrogen) atoms. The summed E-state index contributed by atoms with van der Waals surface area (Å²) >= 11 is 1.61. The van der Waals surface area contributed by atoms with Crippen molar-refractivity contribution in [1.29, 1.82) is 0 Å². The van der Waals surface area contributed by atoms with Gasteiger partial charge in [-0.15, -0.1) is 11.3 Å². The Bertz CT molecular complexity index is 1140. The number of nitrogens with zero attached hydrogens (tertiary/aromatic N) is 2. The summed E-state index contributed by atoms with van der Waals surface area (Å²) in [5.41, 5.74) is 4.54. The second-order valence-electron chi connectivity index (χ2n) is 6.85. The Morgan fingerprint density at radius 3 is 2.73 bits per heavy atom. The highest BCUT2D eigenvalue weighted by molar-refractivity contribution is 7.09. The van der Waals surface area contributed by atoms with Gasteiger partial charge in [-0.2, -0.15) is 0 Å². The molecule has 0 aliphatic carbocycles. The van der Waals surface area contributed by atoms with E-state index in [1.807, 2.05) is 48.1 Å². The molecule has 4 rings (SSSR count). The Balaban J connectivity index is 1.69. The van der Waals surface area contributed by atoms with E-state index in [-0.39, 0.29) is 11.8 Å². The fourth-order valence-corrected chi connectivity index (χ4v) is 4.16. The zero-order valence-electron chi connectivity index (χ0n) is 16.7. The van der Waals surface area contributed by atoms with E-state index in [1.165, 1.54) is 0 Å². The van der Waals surface area contributed by atoms with Crippen LogP contribution in [0.2, 0.25) is 0 Å². The van der Waals surface area contributed by atoms with Crippen molar-refractivity contribution in [2.75, 3.05) is 12.4 Å². The van der Waals surface area contributed by atoms with Crippen LogP contribution in [0.1, 0.15) is 38.0 Å². The first-order valence-electron chi connectivity index (χ1n) is 9.51. The summed E-state index contributed by atoms with van der Waals surface area (Å²) in [7, 11) is 1.58. The summed E-state index contributed by atoms with van der Waals surface area (Å²) in [4.78, 5) is 21.6. The van der Waals surface area contributed by atoms with E-state index in [1.54, 1.807) is 42.8 Å². The number of hydrogen-bond acceptors (Lipinski definition) is 5. The summed E-state index contributed by atoms with van der Waals surface area (Å²) in [6, 6.07) is 17.0. The number of aromatic nitrogens is 2. The molecule has 1 unspecified atom stereocenters. The number of hydrogen-bond donors (Lipinski definition) is 1. The number of thiazole rings is 1. The van der Waals surface area contributed by atoms with E-state index >= 15 is 0 Å². The molecule has 0 spiro atoms. The van der Waals surface area contributed by atoms with Crippen LogP contribution in [0.3, 0.4) is 0 Å². The van der Waals surface area contributed by atoms with Crippen molar-refractivity contribution < 1.29 is 9.53 Å². The number of carbonyl (C=O) groups is 1. The molecule has 0 saturated heterocycles. The quantitative estimate of drug-likeness (QED) is 0.465. The van der Waals surface area contributed by atoms with E-state index in [0.717, 1.165) is 27.4 Å². The van der Waals surface area contributed by atoms with E-state index in [9.17, 15) is 4.79 Å². The number of methoxy groups -OCH3 is 1. The fourth-order valence-electron chi connectivity index (χ4n) is 3.38.